The average Bonchev–Trinajstić information content (AvgIpc) is 2.86. The Balaban J connectivity index is 2.42. The van der Waals surface area contributed by atoms with Gasteiger partial charge in [0.2, 0.25) is 5.91 Å². The standard InChI is InChI=1S/C10H18N2O3/c1-6(8(13)11-7-4-5-7)12-10(2,3)9(14)15/h6-7,12H,4-5H2,1-3H3,(H,11,13)(H,14,15). The molecular formula is C10H18N2O3. The molecule has 1 saturated carbocycles. The highest BCUT2D eigenvalue weighted by Crippen LogP contribution is 2.18. The van der Waals surface area contributed by atoms with Gasteiger partial charge < -0.3 is 10.4 Å². The van der Waals surface area contributed by atoms with Gasteiger partial charge in [-0.2, -0.15) is 0 Å². The van der Waals surface area contributed by atoms with Crippen molar-refractivity contribution < 1.29 is 14.7 Å². The van der Waals surface area contributed by atoms with Gasteiger partial charge in [-0.1, -0.05) is 0 Å². The van der Waals surface area contributed by atoms with Gasteiger partial charge in [0.15, 0.2) is 0 Å². The first-order valence-corrected chi connectivity index (χ1v) is 5.14. The molecule has 0 heterocycles. The number of hydrogen-bond donors (Lipinski definition) is 3. The predicted molar refractivity (Wildman–Crippen MR) is 55.5 cm³/mol. The minimum absolute atomic E-state index is 0.133. The van der Waals surface area contributed by atoms with Crippen LogP contribution in [0.25, 0.3) is 0 Å². The highest BCUT2D eigenvalue weighted by molar-refractivity contribution is 5.84. The quantitative estimate of drug-likeness (QED) is 0.607. The van der Waals surface area contributed by atoms with Gasteiger partial charge in [0.05, 0.1) is 6.04 Å². The van der Waals surface area contributed by atoms with Crippen LogP contribution < -0.4 is 10.6 Å². The first kappa shape index (κ1) is 12.0. The molecule has 3 N–H and O–H groups in total. The summed E-state index contributed by atoms with van der Waals surface area (Å²) in [5.74, 6) is -1.10. The van der Waals surface area contributed by atoms with Gasteiger partial charge in [-0.05, 0) is 33.6 Å². The molecule has 1 aliphatic rings. The van der Waals surface area contributed by atoms with Crippen LogP contribution in [0.3, 0.4) is 0 Å². The lowest BCUT2D eigenvalue weighted by molar-refractivity contribution is -0.144. The zero-order valence-electron chi connectivity index (χ0n) is 9.33. The van der Waals surface area contributed by atoms with E-state index in [0.29, 0.717) is 6.04 Å². The van der Waals surface area contributed by atoms with E-state index in [9.17, 15) is 9.59 Å². The fourth-order valence-electron chi connectivity index (χ4n) is 1.22. The van der Waals surface area contributed by atoms with E-state index < -0.39 is 17.6 Å². The number of nitrogens with one attached hydrogen (secondary N) is 2. The Kier molecular flexibility index (Phi) is 3.34. The van der Waals surface area contributed by atoms with Crippen LogP contribution in [0.15, 0.2) is 0 Å². The third kappa shape index (κ3) is 3.51. The molecular weight excluding hydrogens is 196 g/mol. The van der Waals surface area contributed by atoms with Gasteiger partial charge in [-0.3, -0.25) is 14.9 Å². The molecule has 0 bridgehead atoms. The van der Waals surface area contributed by atoms with Gasteiger partial charge in [0, 0.05) is 6.04 Å². The van der Waals surface area contributed by atoms with Gasteiger partial charge in [0.1, 0.15) is 5.54 Å². The predicted octanol–water partition coefficient (Wildman–Crippen LogP) is 0.106. The van der Waals surface area contributed by atoms with Crippen LogP contribution >= 0.6 is 0 Å². The number of carbonyl (C=O) groups excluding carboxylic acids is 1. The van der Waals surface area contributed by atoms with Crippen LogP contribution in [0.5, 0.6) is 0 Å². The molecule has 0 aromatic rings. The molecule has 1 aliphatic carbocycles. The Morgan fingerprint density at radius 3 is 2.33 bits per heavy atom. The first-order chi connectivity index (χ1) is 6.83. The molecule has 0 aliphatic heterocycles. The Labute approximate surface area is 89.2 Å². The van der Waals surface area contributed by atoms with E-state index in [-0.39, 0.29) is 5.91 Å². The number of amides is 1. The second-order valence-corrected chi connectivity index (χ2v) is 4.58. The molecule has 1 rings (SSSR count). The molecule has 5 nitrogen and oxygen atoms in total. The van der Waals surface area contributed by atoms with Gasteiger partial charge >= 0.3 is 5.97 Å². The SMILES string of the molecule is CC(NC(C)(C)C(=O)O)C(=O)NC1CC1. The molecule has 0 saturated heterocycles. The summed E-state index contributed by atoms with van der Waals surface area (Å²) >= 11 is 0. The fraction of sp³-hybridized carbons (Fsp3) is 0.800. The summed E-state index contributed by atoms with van der Waals surface area (Å²) in [5, 5.41) is 14.5. The third-order valence-corrected chi connectivity index (χ3v) is 2.43. The van der Waals surface area contributed by atoms with Crippen LogP contribution in [0.1, 0.15) is 33.6 Å². The summed E-state index contributed by atoms with van der Waals surface area (Å²) in [6, 6.07) is -0.189. The van der Waals surface area contributed by atoms with Gasteiger partial charge in [0.25, 0.3) is 0 Å². The van der Waals surface area contributed by atoms with Crippen LogP contribution in [-0.2, 0) is 9.59 Å². The number of aliphatic carboxylic acids is 1. The minimum Gasteiger partial charge on any atom is -0.480 e. The first-order valence-electron chi connectivity index (χ1n) is 5.14. The van der Waals surface area contributed by atoms with E-state index in [1.807, 2.05) is 0 Å². The van der Waals surface area contributed by atoms with Crippen LogP contribution in [0.2, 0.25) is 0 Å². The largest absolute Gasteiger partial charge is 0.480 e. The summed E-state index contributed by atoms with van der Waals surface area (Å²) in [7, 11) is 0. The lowest BCUT2D eigenvalue weighted by Gasteiger charge is -2.25. The molecule has 5 heteroatoms. The van der Waals surface area contributed by atoms with E-state index in [2.05, 4.69) is 10.6 Å². The van der Waals surface area contributed by atoms with Crippen molar-refractivity contribution in [3.63, 3.8) is 0 Å². The van der Waals surface area contributed by atoms with Crippen molar-refractivity contribution >= 4 is 11.9 Å². The van der Waals surface area contributed by atoms with E-state index >= 15 is 0 Å². The van der Waals surface area contributed by atoms with E-state index in [1.165, 1.54) is 13.8 Å². The summed E-state index contributed by atoms with van der Waals surface area (Å²) in [5.41, 5.74) is -1.08. The highest BCUT2D eigenvalue weighted by atomic mass is 16.4. The zero-order chi connectivity index (χ0) is 11.6. The molecule has 86 valence electrons. The molecule has 1 unspecified atom stereocenters. The molecule has 1 atom stereocenters. The topological polar surface area (TPSA) is 78.4 Å². The highest BCUT2D eigenvalue weighted by Gasteiger charge is 2.32. The Morgan fingerprint density at radius 1 is 1.40 bits per heavy atom. The van der Waals surface area contributed by atoms with Crippen molar-refractivity contribution in [2.75, 3.05) is 0 Å². The monoisotopic (exact) mass is 214 g/mol. The van der Waals surface area contributed by atoms with Crippen molar-refractivity contribution in [2.45, 2.75) is 51.2 Å². The Bertz CT molecular complexity index is 272. The van der Waals surface area contributed by atoms with E-state index in [4.69, 9.17) is 5.11 Å². The van der Waals surface area contributed by atoms with Gasteiger partial charge in [-0.25, -0.2) is 0 Å². The van der Waals surface area contributed by atoms with Crippen molar-refractivity contribution in [3.8, 4) is 0 Å². The normalized spacial score (nSPS) is 18.3. The molecule has 0 radical (unpaired) electrons. The van der Waals surface area contributed by atoms with Crippen molar-refractivity contribution in [2.24, 2.45) is 0 Å². The minimum atomic E-state index is -1.08. The molecule has 0 spiro atoms. The second kappa shape index (κ2) is 4.18. The number of rotatable bonds is 5. The van der Waals surface area contributed by atoms with E-state index in [1.54, 1.807) is 6.92 Å². The summed E-state index contributed by atoms with van der Waals surface area (Å²) in [4.78, 5) is 22.3. The smallest absolute Gasteiger partial charge is 0.323 e. The molecule has 15 heavy (non-hydrogen) atoms. The molecule has 1 amide bonds. The summed E-state index contributed by atoms with van der Waals surface area (Å²) in [6.45, 7) is 4.74. The van der Waals surface area contributed by atoms with E-state index in [0.717, 1.165) is 12.8 Å². The number of carboxylic acids is 1. The maximum atomic E-state index is 11.5. The second-order valence-electron chi connectivity index (χ2n) is 4.58. The fourth-order valence-corrected chi connectivity index (χ4v) is 1.22. The lowest BCUT2D eigenvalue weighted by Crippen LogP contribution is -2.55. The van der Waals surface area contributed by atoms with Crippen LogP contribution in [0, 0.1) is 0 Å². The van der Waals surface area contributed by atoms with Gasteiger partial charge in [-0.15, -0.1) is 0 Å². The summed E-state index contributed by atoms with van der Waals surface area (Å²) < 4.78 is 0. The number of carboxylic acid groups (broad SMARTS) is 1. The number of carbonyl (C=O) groups is 2. The third-order valence-electron chi connectivity index (χ3n) is 2.43. The Hall–Kier alpha value is -1.10. The number of hydrogen-bond acceptors (Lipinski definition) is 3. The zero-order valence-corrected chi connectivity index (χ0v) is 9.33. The van der Waals surface area contributed by atoms with Crippen LogP contribution in [-0.4, -0.2) is 34.6 Å². The lowest BCUT2D eigenvalue weighted by atomic mass is 10.0. The summed E-state index contributed by atoms with van der Waals surface area (Å²) in [6.07, 6.45) is 2.06. The van der Waals surface area contributed by atoms with Crippen LogP contribution in [0.4, 0.5) is 0 Å². The Morgan fingerprint density at radius 2 is 1.93 bits per heavy atom. The van der Waals surface area contributed by atoms with Crippen molar-refractivity contribution in [1.29, 1.82) is 0 Å². The van der Waals surface area contributed by atoms with Crippen molar-refractivity contribution in [1.82, 2.24) is 10.6 Å². The molecule has 1 fully saturated rings. The molecule has 0 aromatic heterocycles. The molecule has 0 aromatic carbocycles. The maximum absolute atomic E-state index is 11.5. The maximum Gasteiger partial charge on any atom is 0.323 e. The average molecular weight is 214 g/mol. The van der Waals surface area contributed by atoms with Crippen molar-refractivity contribution in [3.05, 3.63) is 0 Å².